The van der Waals surface area contributed by atoms with Crippen molar-refractivity contribution < 1.29 is 0 Å². The van der Waals surface area contributed by atoms with Crippen LogP contribution in [0, 0.1) is 12.3 Å². The molecule has 0 spiro atoms. The first kappa shape index (κ1) is 11.3. The topological polar surface area (TPSA) is 12.0 Å². The van der Waals surface area contributed by atoms with Gasteiger partial charge in [-0.3, -0.25) is 0 Å². The van der Waals surface area contributed by atoms with E-state index in [-0.39, 0.29) is 0 Å². The first-order valence-electron chi connectivity index (χ1n) is 5.08. The fourth-order valence-electron chi connectivity index (χ4n) is 1.44. The van der Waals surface area contributed by atoms with Crippen LogP contribution in [-0.2, 0) is 0 Å². The molecule has 1 N–H and O–H groups in total. The Morgan fingerprint density at radius 3 is 3.07 bits per heavy atom. The molecule has 0 aromatic carbocycles. The van der Waals surface area contributed by atoms with Crippen LogP contribution in [0.3, 0.4) is 0 Å². The normalized spacial score (nSPS) is 12.3. The van der Waals surface area contributed by atoms with E-state index in [9.17, 15) is 0 Å². The van der Waals surface area contributed by atoms with Crippen LogP contribution in [-0.4, -0.2) is 6.54 Å². The average molecular weight is 207 g/mol. The number of hydrogen-bond donors (Lipinski definition) is 1. The zero-order valence-corrected chi connectivity index (χ0v) is 9.44. The Balaban J connectivity index is 2.44. The Bertz CT molecular complexity index is 271. The summed E-state index contributed by atoms with van der Waals surface area (Å²) in [5, 5.41) is 5.62. The Hall–Kier alpha value is -0.780. The second-order valence-corrected chi connectivity index (χ2v) is 4.24. The van der Waals surface area contributed by atoms with Crippen molar-refractivity contribution in [2.45, 2.75) is 32.2 Å². The zero-order valence-electron chi connectivity index (χ0n) is 8.62. The fourth-order valence-corrected chi connectivity index (χ4v) is 2.28. The van der Waals surface area contributed by atoms with Gasteiger partial charge in [0.15, 0.2) is 0 Å². The predicted molar refractivity (Wildman–Crippen MR) is 63.4 cm³/mol. The van der Waals surface area contributed by atoms with Gasteiger partial charge < -0.3 is 5.32 Å². The number of thiophene rings is 1. The van der Waals surface area contributed by atoms with Crippen LogP contribution in [0.25, 0.3) is 0 Å². The summed E-state index contributed by atoms with van der Waals surface area (Å²) >= 11 is 1.81. The lowest BCUT2D eigenvalue weighted by Crippen LogP contribution is -2.21. The molecule has 0 aliphatic rings. The summed E-state index contributed by atoms with van der Waals surface area (Å²) in [5.74, 6) is 2.65. The lowest BCUT2D eigenvalue weighted by molar-refractivity contribution is 0.508. The highest BCUT2D eigenvalue weighted by Crippen LogP contribution is 2.22. The van der Waals surface area contributed by atoms with Gasteiger partial charge in [-0.15, -0.1) is 23.7 Å². The predicted octanol–water partition coefficient (Wildman–Crippen LogP) is 3.20. The minimum atomic E-state index is 0.494. The minimum Gasteiger partial charge on any atom is -0.308 e. The molecule has 0 amide bonds. The van der Waals surface area contributed by atoms with Crippen molar-refractivity contribution >= 4 is 11.3 Å². The van der Waals surface area contributed by atoms with Gasteiger partial charge in [0, 0.05) is 23.9 Å². The van der Waals surface area contributed by atoms with Crippen molar-refractivity contribution in [2.24, 2.45) is 0 Å². The number of rotatable bonds is 6. The average Bonchev–Trinajstić information content (AvgIpc) is 2.70. The highest BCUT2D eigenvalue weighted by Gasteiger charge is 2.09. The zero-order chi connectivity index (χ0) is 10.2. The maximum Gasteiger partial charge on any atom is 0.0414 e. The molecule has 1 heterocycles. The molecule has 0 aliphatic carbocycles. The molecule has 1 aromatic heterocycles. The van der Waals surface area contributed by atoms with Gasteiger partial charge in [-0.1, -0.05) is 19.4 Å². The van der Waals surface area contributed by atoms with Gasteiger partial charge in [-0.25, -0.2) is 0 Å². The summed E-state index contributed by atoms with van der Waals surface area (Å²) in [6.07, 6.45) is 8.42. The highest BCUT2D eigenvalue weighted by atomic mass is 32.1. The van der Waals surface area contributed by atoms with E-state index >= 15 is 0 Å². The largest absolute Gasteiger partial charge is 0.308 e. The molecule has 76 valence electrons. The molecular weight excluding hydrogens is 190 g/mol. The molecule has 0 aliphatic heterocycles. The molecule has 0 saturated carbocycles. The molecule has 1 unspecified atom stereocenters. The van der Waals surface area contributed by atoms with E-state index in [0.717, 1.165) is 13.0 Å². The summed E-state index contributed by atoms with van der Waals surface area (Å²) in [7, 11) is 0. The Kier molecular flexibility index (Phi) is 5.36. The third-order valence-electron chi connectivity index (χ3n) is 2.12. The van der Waals surface area contributed by atoms with E-state index in [1.165, 1.54) is 17.7 Å². The number of nitrogens with one attached hydrogen (secondary N) is 1. The van der Waals surface area contributed by atoms with E-state index < -0.39 is 0 Å². The van der Waals surface area contributed by atoms with Crippen LogP contribution in [0.4, 0.5) is 0 Å². The minimum absolute atomic E-state index is 0.494. The molecule has 0 saturated heterocycles. The van der Waals surface area contributed by atoms with E-state index in [0.29, 0.717) is 6.04 Å². The number of terminal acetylenes is 1. The van der Waals surface area contributed by atoms with Gasteiger partial charge in [-0.05, 0) is 17.9 Å². The Labute approximate surface area is 90.5 Å². The van der Waals surface area contributed by atoms with E-state index in [2.05, 4.69) is 35.7 Å². The quantitative estimate of drug-likeness (QED) is 0.558. The van der Waals surface area contributed by atoms with Crippen molar-refractivity contribution in [3.8, 4) is 12.3 Å². The summed E-state index contributed by atoms with van der Waals surface area (Å²) < 4.78 is 0. The van der Waals surface area contributed by atoms with Crippen LogP contribution in [0.1, 0.15) is 37.1 Å². The molecular formula is C12H17NS. The Morgan fingerprint density at radius 1 is 1.64 bits per heavy atom. The maximum absolute atomic E-state index is 5.22. The van der Waals surface area contributed by atoms with E-state index in [1.807, 2.05) is 11.3 Å². The molecule has 14 heavy (non-hydrogen) atoms. The highest BCUT2D eigenvalue weighted by molar-refractivity contribution is 7.10. The van der Waals surface area contributed by atoms with Gasteiger partial charge >= 0.3 is 0 Å². The summed E-state index contributed by atoms with van der Waals surface area (Å²) in [6.45, 7) is 3.13. The summed E-state index contributed by atoms with van der Waals surface area (Å²) in [4.78, 5) is 1.42. The SMILES string of the molecule is C#CCCNC(CCC)c1cccs1. The number of hydrogen-bond acceptors (Lipinski definition) is 2. The van der Waals surface area contributed by atoms with Crippen molar-refractivity contribution in [1.29, 1.82) is 0 Å². The van der Waals surface area contributed by atoms with E-state index in [1.54, 1.807) is 0 Å². The molecule has 0 bridgehead atoms. The lowest BCUT2D eigenvalue weighted by Gasteiger charge is -2.15. The second kappa shape index (κ2) is 6.64. The Morgan fingerprint density at radius 2 is 2.50 bits per heavy atom. The smallest absolute Gasteiger partial charge is 0.0414 e. The molecule has 1 atom stereocenters. The van der Waals surface area contributed by atoms with Crippen molar-refractivity contribution in [1.82, 2.24) is 5.32 Å². The summed E-state index contributed by atoms with van der Waals surface area (Å²) in [5.41, 5.74) is 0. The monoisotopic (exact) mass is 207 g/mol. The van der Waals surface area contributed by atoms with Gasteiger partial charge in [0.25, 0.3) is 0 Å². The molecule has 1 aromatic rings. The summed E-state index contributed by atoms with van der Waals surface area (Å²) in [6, 6.07) is 4.78. The maximum atomic E-state index is 5.22. The third-order valence-corrected chi connectivity index (χ3v) is 3.11. The molecule has 2 heteroatoms. The first-order chi connectivity index (χ1) is 6.88. The molecule has 0 radical (unpaired) electrons. The van der Waals surface area contributed by atoms with Crippen molar-refractivity contribution in [3.05, 3.63) is 22.4 Å². The van der Waals surface area contributed by atoms with Crippen molar-refractivity contribution in [3.63, 3.8) is 0 Å². The van der Waals surface area contributed by atoms with E-state index in [4.69, 9.17) is 6.42 Å². The fraction of sp³-hybridized carbons (Fsp3) is 0.500. The van der Waals surface area contributed by atoms with Crippen molar-refractivity contribution in [2.75, 3.05) is 6.54 Å². The van der Waals surface area contributed by atoms with Gasteiger partial charge in [0.05, 0.1) is 0 Å². The lowest BCUT2D eigenvalue weighted by atomic mass is 10.1. The molecule has 1 rings (SSSR count). The van der Waals surface area contributed by atoms with Crippen LogP contribution < -0.4 is 5.32 Å². The van der Waals surface area contributed by atoms with Crippen LogP contribution in [0.2, 0.25) is 0 Å². The molecule has 1 nitrogen and oxygen atoms in total. The van der Waals surface area contributed by atoms with Gasteiger partial charge in [0.2, 0.25) is 0 Å². The molecule has 0 fully saturated rings. The van der Waals surface area contributed by atoms with Gasteiger partial charge in [0.1, 0.15) is 0 Å². The van der Waals surface area contributed by atoms with Gasteiger partial charge in [-0.2, -0.15) is 0 Å². The van der Waals surface area contributed by atoms with Crippen LogP contribution >= 0.6 is 11.3 Å². The third kappa shape index (κ3) is 3.53. The van der Waals surface area contributed by atoms with Crippen LogP contribution in [0.5, 0.6) is 0 Å². The van der Waals surface area contributed by atoms with Crippen LogP contribution in [0.15, 0.2) is 17.5 Å². The first-order valence-corrected chi connectivity index (χ1v) is 5.96. The second-order valence-electron chi connectivity index (χ2n) is 3.26. The standard InChI is InChI=1S/C12H17NS/c1-3-5-9-13-11(7-4-2)12-8-6-10-14-12/h1,6,8,10-11,13H,4-5,7,9H2,2H3.